The Kier molecular flexibility index (Phi) is 13.2. The number of nitrogens with zero attached hydrogens (tertiary/aromatic N) is 2. The smallest absolute Gasteiger partial charge is 0.485 e. The fourth-order valence-corrected chi connectivity index (χ4v) is 10.2. The zero-order valence-electron chi connectivity index (χ0n) is 26.7. The average molecular weight is 802 g/mol. The van der Waals surface area contributed by atoms with E-state index in [2.05, 4.69) is 89.3 Å². The van der Waals surface area contributed by atoms with Gasteiger partial charge in [0.25, 0.3) is 0 Å². The number of aryl methyl sites for hydroxylation is 1. The Morgan fingerprint density at radius 2 is 1.57 bits per heavy atom. The summed E-state index contributed by atoms with van der Waals surface area (Å²) in [7, 11) is -4.14. The van der Waals surface area contributed by atoms with E-state index in [0.717, 1.165) is 29.9 Å². The van der Waals surface area contributed by atoms with Crippen molar-refractivity contribution in [3.63, 3.8) is 0 Å². The van der Waals surface area contributed by atoms with Crippen LogP contribution in [-0.4, -0.2) is 67.3 Å². The molecule has 0 spiro atoms. The molecule has 2 aliphatic rings. The molecule has 254 valence electrons. The number of carbonyl (C=O) groups is 1. The molecule has 2 heterocycles. The second kappa shape index (κ2) is 16.6. The van der Waals surface area contributed by atoms with Gasteiger partial charge in [0, 0.05) is 0 Å². The molecule has 2 aromatic carbocycles. The first kappa shape index (κ1) is 37.2. The molecule has 0 saturated carbocycles. The van der Waals surface area contributed by atoms with E-state index in [1.165, 1.54) is 80.5 Å². The molecule has 0 fully saturated rings. The van der Waals surface area contributed by atoms with Crippen LogP contribution in [0.25, 0.3) is 15.9 Å². The normalized spacial score (nSPS) is 16.5. The second-order valence-corrected chi connectivity index (χ2v) is 17.0. The van der Waals surface area contributed by atoms with Gasteiger partial charge in [-0.2, -0.15) is 13.2 Å². The minimum atomic E-state index is -6.09. The fraction of sp³-hybridized carbons (Fsp3) is 0.412. The number of hydrogen-bond acceptors (Lipinski definition) is 6. The van der Waals surface area contributed by atoms with E-state index in [-0.39, 0.29) is 35.2 Å². The van der Waals surface area contributed by atoms with E-state index in [1.807, 2.05) is 7.05 Å². The maximum absolute atomic E-state index is 13.6. The number of benzene rings is 2. The second-order valence-electron chi connectivity index (χ2n) is 11.2. The Morgan fingerprint density at radius 3 is 2.23 bits per heavy atom. The van der Waals surface area contributed by atoms with Gasteiger partial charge in [-0.3, -0.25) is 0 Å². The summed E-state index contributed by atoms with van der Waals surface area (Å²) in [5.74, 6) is 0.176. The summed E-state index contributed by atoms with van der Waals surface area (Å²) in [5.41, 5.74) is -0.316. The summed E-state index contributed by atoms with van der Waals surface area (Å²) in [6.07, 6.45) is 14.3. The number of nitrogens with one attached hydrogen (secondary N) is 1. The first-order chi connectivity index (χ1) is 22.4. The number of allylic oxidation sites excluding steroid dienone is 3. The van der Waals surface area contributed by atoms with Gasteiger partial charge in [0.2, 0.25) is 0 Å². The van der Waals surface area contributed by atoms with Crippen LogP contribution in [0.2, 0.25) is 0 Å². The Labute approximate surface area is 287 Å². The number of fused-ring (bicyclic) bond motifs is 2. The third-order valence-corrected chi connectivity index (χ3v) is 13.1. The number of ketones is 1. The topological polar surface area (TPSA) is 93.4 Å². The average Bonchev–Trinajstić information content (AvgIpc) is 3.57. The number of rotatable bonds is 13. The molecule has 1 N–H and O–H groups in total. The summed E-state index contributed by atoms with van der Waals surface area (Å²) in [6.45, 7) is 6.56. The van der Waals surface area contributed by atoms with Gasteiger partial charge < -0.3 is 4.55 Å². The first-order valence-corrected chi connectivity index (χ1v) is 20.6. The van der Waals surface area contributed by atoms with Gasteiger partial charge in [-0.05, 0) is 0 Å². The molecule has 3 aromatic rings. The number of alkyl halides is 3. The van der Waals surface area contributed by atoms with Crippen LogP contribution in [-0.2, 0) is 21.5 Å². The zero-order valence-corrected chi connectivity index (χ0v) is 31.0. The number of aromatic nitrogens is 1. The predicted octanol–water partition coefficient (Wildman–Crippen LogP) is 5.53. The summed E-state index contributed by atoms with van der Waals surface area (Å²) in [4.78, 5) is 16.1. The minimum Gasteiger partial charge on any atom is -0.741 e. The van der Waals surface area contributed by atoms with E-state index in [0.29, 0.717) is 0 Å². The van der Waals surface area contributed by atoms with Crippen LogP contribution in [0.15, 0.2) is 76.0 Å². The molecule has 0 bridgehead atoms. The quantitative estimate of drug-likeness (QED) is 0.0612. The van der Waals surface area contributed by atoms with Gasteiger partial charge in [0.05, 0.1) is 0 Å². The number of anilines is 1. The van der Waals surface area contributed by atoms with Crippen molar-refractivity contribution in [1.82, 2.24) is 5.32 Å². The molecule has 1 aliphatic heterocycles. The fourth-order valence-electron chi connectivity index (χ4n) is 5.42. The van der Waals surface area contributed by atoms with Crippen molar-refractivity contribution in [3.05, 3.63) is 80.6 Å². The van der Waals surface area contributed by atoms with Gasteiger partial charge >= 0.3 is 252 Å². The molecule has 5 rings (SSSR count). The predicted molar refractivity (Wildman–Crippen MR) is 181 cm³/mol. The molecule has 0 saturated heterocycles. The minimum absolute atomic E-state index is 0.176. The summed E-state index contributed by atoms with van der Waals surface area (Å²) in [5, 5.41) is 3.38. The van der Waals surface area contributed by atoms with Gasteiger partial charge in [-0.25, -0.2) is 8.42 Å². The maximum atomic E-state index is 13.6. The van der Waals surface area contributed by atoms with Crippen LogP contribution in [0.4, 0.5) is 18.9 Å². The Balaban J connectivity index is 0.000000555. The first-order valence-electron chi connectivity index (χ1n) is 15.8. The van der Waals surface area contributed by atoms with Crippen LogP contribution in [0, 0.1) is 0 Å². The number of carbonyl (C=O) groups excluding carboxylic acids is 1. The van der Waals surface area contributed by atoms with E-state index >= 15 is 0 Å². The van der Waals surface area contributed by atoms with Crippen molar-refractivity contribution in [3.8, 4) is 0 Å². The summed E-state index contributed by atoms with van der Waals surface area (Å²) in [6, 6.07) is 17.5. The Hall–Kier alpha value is -2.66. The van der Waals surface area contributed by atoms with Crippen LogP contribution in [0.3, 0.4) is 0 Å². The molecular weight excluding hydrogens is 761 g/mol. The van der Waals surface area contributed by atoms with Crippen molar-refractivity contribution in [2.45, 2.75) is 77.3 Å². The summed E-state index contributed by atoms with van der Waals surface area (Å²) < 4.78 is 66.8. The van der Waals surface area contributed by atoms with Gasteiger partial charge in [-0.1, -0.05) is 0 Å². The third-order valence-electron chi connectivity index (χ3n) is 7.84. The van der Waals surface area contributed by atoms with Crippen LogP contribution in [0.1, 0.15) is 69.8 Å². The number of unbranched alkanes of at least 4 members (excludes halogenated alkanes) is 6. The number of hydrogen-bond donors (Lipinski definition) is 1. The summed E-state index contributed by atoms with van der Waals surface area (Å²) >= 11 is 0.431. The monoisotopic (exact) mass is 803 g/mol. The molecule has 13 heteroatoms. The van der Waals surface area contributed by atoms with Gasteiger partial charge in [-0.15, -0.1) is 0 Å². The molecular formula is C34H40F3N3O4SSe2. The largest absolute Gasteiger partial charge is 0.741 e. The Bertz CT molecular complexity index is 1780. The van der Waals surface area contributed by atoms with E-state index < -0.39 is 15.6 Å². The van der Waals surface area contributed by atoms with Crippen LogP contribution >= 0.6 is 0 Å². The van der Waals surface area contributed by atoms with Crippen molar-refractivity contribution >= 4 is 71.4 Å². The molecule has 0 atom stereocenters. The number of para-hydroxylation sites is 2. The van der Waals surface area contributed by atoms with Crippen molar-refractivity contribution in [1.29, 1.82) is 0 Å². The van der Waals surface area contributed by atoms with Crippen LogP contribution in [0.5, 0.6) is 0 Å². The van der Waals surface area contributed by atoms with Crippen molar-refractivity contribution in [2.24, 2.45) is 0 Å². The van der Waals surface area contributed by atoms with E-state index in [4.69, 9.17) is 13.0 Å². The maximum Gasteiger partial charge on any atom is 0.485 e. The molecule has 47 heavy (non-hydrogen) atoms. The molecule has 0 unspecified atom stereocenters. The Morgan fingerprint density at radius 1 is 0.936 bits per heavy atom. The number of likely N-dealkylation sites (N-methyl/N-ethyl adjacent to an activating group) is 1. The van der Waals surface area contributed by atoms with E-state index in [1.54, 1.807) is 0 Å². The third kappa shape index (κ3) is 9.08. The molecule has 0 radical (unpaired) electrons. The van der Waals surface area contributed by atoms with E-state index in [9.17, 15) is 18.0 Å². The number of Topliss-reactive ketones (excluding diaryl/α,β-unsaturated/α-hetero) is 1. The zero-order chi connectivity index (χ0) is 34.2. The van der Waals surface area contributed by atoms with Crippen molar-refractivity contribution in [2.75, 3.05) is 18.5 Å². The molecule has 7 nitrogen and oxygen atoms in total. The van der Waals surface area contributed by atoms with Crippen molar-refractivity contribution < 1.29 is 35.5 Å². The van der Waals surface area contributed by atoms with Crippen LogP contribution < -0.4 is 19.2 Å². The molecule has 1 aromatic heterocycles. The molecule has 0 amide bonds. The SMILES string of the molecule is CCCCCCN1C(=CC2=C(NC)C(=Cc3[se]c4ccccc4[n+]3CCCCCC)C2=O)[Se]c2ccccc21.O=S(=O)([O-])C(F)(F)F. The standard InChI is InChI=1S/C33H39N3OSe2.CHF3O3S/c1-4-6-8-14-20-35-26-16-10-12-18-28(26)38-30(35)22-24-32(34-3)25(33(24)37)23-31-36(21-15-9-7-5-2)27-17-11-13-19-29(27)39-31;2-1(3,4)8(5,6)7/h10-13,16-19,22-23H,4-9,14-15,20-21H2,1-3H3;(H,5,6,7). The number of halogens is 3. The van der Waals surface area contributed by atoms with Gasteiger partial charge in [0.1, 0.15) is 0 Å². The molecule has 1 aliphatic carbocycles. The van der Waals surface area contributed by atoms with Gasteiger partial charge in [0.15, 0.2) is 10.1 Å².